The van der Waals surface area contributed by atoms with E-state index in [1.54, 1.807) is 13.0 Å². The van der Waals surface area contributed by atoms with Gasteiger partial charge >= 0.3 is 6.61 Å². The summed E-state index contributed by atoms with van der Waals surface area (Å²) >= 11 is 0. The summed E-state index contributed by atoms with van der Waals surface area (Å²) in [4.78, 5) is 16.1. The summed E-state index contributed by atoms with van der Waals surface area (Å²) in [5.41, 5.74) is 1.28. The Hall–Kier alpha value is -2.30. The first-order chi connectivity index (χ1) is 9.08. The topological polar surface area (TPSA) is 39.2 Å². The lowest BCUT2D eigenvalue weighted by atomic mass is 10.0. The zero-order valence-corrected chi connectivity index (χ0v) is 10.1. The molecule has 1 heterocycles. The number of hydrogen-bond acceptors (Lipinski definition) is 3. The van der Waals surface area contributed by atoms with E-state index in [-0.39, 0.29) is 17.1 Å². The zero-order valence-electron chi connectivity index (χ0n) is 10.1. The van der Waals surface area contributed by atoms with Crippen LogP contribution in [-0.4, -0.2) is 17.4 Å². The second kappa shape index (κ2) is 5.56. The minimum Gasteiger partial charge on any atom is -0.434 e. The van der Waals surface area contributed by atoms with Crippen molar-refractivity contribution in [2.45, 2.75) is 13.5 Å². The van der Waals surface area contributed by atoms with Gasteiger partial charge in [0, 0.05) is 18.0 Å². The number of nitrogens with zero attached hydrogens (tertiary/aromatic N) is 1. The lowest BCUT2D eigenvalue weighted by Crippen LogP contribution is -2.09. The Morgan fingerprint density at radius 2 is 1.89 bits per heavy atom. The molecule has 0 bridgehead atoms. The van der Waals surface area contributed by atoms with E-state index < -0.39 is 6.61 Å². The number of carbonyl (C=O) groups excluding carboxylic acids is 1. The van der Waals surface area contributed by atoms with Gasteiger partial charge in [-0.25, -0.2) is 0 Å². The summed E-state index contributed by atoms with van der Waals surface area (Å²) in [5, 5.41) is 0. The molecule has 0 aliphatic carbocycles. The summed E-state index contributed by atoms with van der Waals surface area (Å²) in [6, 6.07) is 7.56. The Morgan fingerprint density at radius 1 is 1.21 bits per heavy atom. The zero-order chi connectivity index (χ0) is 13.8. The van der Waals surface area contributed by atoms with Gasteiger partial charge in [0.1, 0.15) is 5.75 Å². The minimum absolute atomic E-state index is 0.117. The van der Waals surface area contributed by atoms with Crippen molar-refractivity contribution >= 4 is 5.78 Å². The first kappa shape index (κ1) is 13.1. The largest absolute Gasteiger partial charge is 0.434 e. The van der Waals surface area contributed by atoms with Gasteiger partial charge in [0.15, 0.2) is 5.78 Å². The summed E-state index contributed by atoms with van der Waals surface area (Å²) in [6.45, 7) is -1.19. The first-order valence-corrected chi connectivity index (χ1v) is 5.58. The lowest BCUT2D eigenvalue weighted by molar-refractivity contribution is -0.0501. The molecule has 0 unspecified atom stereocenters. The number of alkyl halides is 2. The maximum Gasteiger partial charge on any atom is 0.387 e. The highest BCUT2D eigenvalue weighted by molar-refractivity contribution is 6.10. The summed E-state index contributed by atoms with van der Waals surface area (Å²) in [6.07, 6.45) is 2.94. The Labute approximate surface area is 108 Å². The maximum atomic E-state index is 12.3. The van der Waals surface area contributed by atoms with Crippen molar-refractivity contribution in [2.75, 3.05) is 0 Å². The van der Waals surface area contributed by atoms with Gasteiger partial charge in [0.05, 0.1) is 5.56 Å². The predicted octanol–water partition coefficient (Wildman–Crippen LogP) is 3.22. The molecule has 19 heavy (non-hydrogen) atoms. The molecule has 0 fully saturated rings. The highest BCUT2D eigenvalue weighted by atomic mass is 19.3. The first-order valence-electron chi connectivity index (χ1n) is 5.58. The number of halogens is 2. The van der Waals surface area contributed by atoms with Gasteiger partial charge in [-0.3, -0.25) is 9.78 Å². The number of rotatable bonds is 4. The second-order valence-corrected chi connectivity index (χ2v) is 3.94. The molecular formula is C14H11F2NO2. The number of aromatic nitrogens is 1. The summed E-state index contributed by atoms with van der Waals surface area (Å²) in [5.74, 6) is -0.496. The van der Waals surface area contributed by atoms with E-state index in [2.05, 4.69) is 9.72 Å². The van der Waals surface area contributed by atoms with Gasteiger partial charge in [-0.05, 0) is 31.2 Å². The van der Waals surface area contributed by atoms with Gasteiger partial charge in [-0.2, -0.15) is 8.78 Å². The molecular weight excluding hydrogens is 252 g/mol. The van der Waals surface area contributed by atoms with Gasteiger partial charge in [0.25, 0.3) is 0 Å². The highest BCUT2D eigenvalue weighted by Gasteiger charge is 2.17. The summed E-state index contributed by atoms with van der Waals surface area (Å²) in [7, 11) is 0. The normalized spacial score (nSPS) is 10.5. The van der Waals surface area contributed by atoms with E-state index in [0.29, 0.717) is 5.56 Å². The lowest BCUT2D eigenvalue weighted by Gasteiger charge is -2.10. The van der Waals surface area contributed by atoms with Crippen LogP contribution < -0.4 is 4.74 Å². The molecule has 3 nitrogen and oxygen atoms in total. The number of ketones is 1. The Bertz CT molecular complexity index is 585. The molecule has 5 heteroatoms. The van der Waals surface area contributed by atoms with E-state index in [0.717, 1.165) is 5.56 Å². The minimum atomic E-state index is -2.97. The SMILES string of the molecule is Cc1ccc(OC(F)F)c(C(=O)c2ccncc2)c1. The van der Waals surface area contributed by atoms with Crippen LogP contribution in [0.3, 0.4) is 0 Å². The molecule has 0 aliphatic heterocycles. The molecule has 2 rings (SSSR count). The van der Waals surface area contributed by atoms with Crippen LogP contribution in [0.2, 0.25) is 0 Å². The smallest absolute Gasteiger partial charge is 0.387 e. The standard InChI is InChI=1S/C14H11F2NO2/c1-9-2-3-12(19-14(15)16)11(8-9)13(18)10-4-6-17-7-5-10/h2-8,14H,1H3. The van der Waals surface area contributed by atoms with E-state index >= 15 is 0 Å². The average molecular weight is 263 g/mol. The highest BCUT2D eigenvalue weighted by Crippen LogP contribution is 2.24. The van der Waals surface area contributed by atoms with Crippen LogP contribution in [0, 0.1) is 6.92 Å². The molecule has 2 aromatic rings. The predicted molar refractivity (Wildman–Crippen MR) is 65.5 cm³/mol. The van der Waals surface area contributed by atoms with Crippen LogP contribution in [0.4, 0.5) is 8.78 Å². The Kier molecular flexibility index (Phi) is 3.85. The molecule has 0 N–H and O–H groups in total. The number of hydrogen-bond donors (Lipinski definition) is 0. The maximum absolute atomic E-state index is 12.3. The molecule has 0 saturated carbocycles. The number of ether oxygens (including phenoxy) is 1. The third-order valence-electron chi connectivity index (χ3n) is 2.54. The van der Waals surface area contributed by atoms with Gasteiger partial charge in [-0.15, -0.1) is 0 Å². The van der Waals surface area contributed by atoms with Crippen molar-refractivity contribution in [2.24, 2.45) is 0 Å². The molecule has 98 valence electrons. The number of aryl methyl sites for hydroxylation is 1. The second-order valence-electron chi connectivity index (χ2n) is 3.94. The molecule has 0 radical (unpaired) electrons. The van der Waals surface area contributed by atoms with Crippen LogP contribution in [0.1, 0.15) is 21.5 Å². The van der Waals surface area contributed by atoms with Crippen LogP contribution in [0.25, 0.3) is 0 Å². The van der Waals surface area contributed by atoms with Crippen molar-refractivity contribution in [3.8, 4) is 5.75 Å². The monoisotopic (exact) mass is 263 g/mol. The van der Waals surface area contributed by atoms with Gasteiger partial charge in [-0.1, -0.05) is 11.6 Å². The van der Waals surface area contributed by atoms with E-state index in [1.165, 1.54) is 36.7 Å². The molecule has 0 saturated heterocycles. The molecule has 0 atom stereocenters. The quantitative estimate of drug-likeness (QED) is 0.795. The number of benzene rings is 1. The third kappa shape index (κ3) is 3.13. The molecule has 0 aliphatic rings. The molecule has 0 amide bonds. The van der Waals surface area contributed by atoms with E-state index in [9.17, 15) is 13.6 Å². The van der Waals surface area contributed by atoms with Crippen LogP contribution in [0.15, 0.2) is 42.7 Å². The van der Waals surface area contributed by atoms with Crippen molar-refractivity contribution in [1.82, 2.24) is 4.98 Å². The third-order valence-corrected chi connectivity index (χ3v) is 2.54. The van der Waals surface area contributed by atoms with Crippen LogP contribution in [0.5, 0.6) is 5.75 Å². The average Bonchev–Trinajstić information content (AvgIpc) is 2.40. The fourth-order valence-electron chi connectivity index (χ4n) is 1.68. The Morgan fingerprint density at radius 3 is 2.53 bits per heavy atom. The van der Waals surface area contributed by atoms with E-state index in [4.69, 9.17) is 0 Å². The van der Waals surface area contributed by atoms with Crippen molar-refractivity contribution < 1.29 is 18.3 Å². The van der Waals surface area contributed by atoms with Crippen molar-refractivity contribution in [3.63, 3.8) is 0 Å². The molecule has 1 aromatic carbocycles. The Balaban J connectivity index is 2.43. The summed E-state index contributed by atoms with van der Waals surface area (Å²) < 4.78 is 29.0. The fourth-order valence-corrected chi connectivity index (χ4v) is 1.68. The van der Waals surface area contributed by atoms with Crippen molar-refractivity contribution in [1.29, 1.82) is 0 Å². The van der Waals surface area contributed by atoms with Crippen LogP contribution >= 0.6 is 0 Å². The van der Waals surface area contributed by atoms with E-state index in [1.807, 2.05) is 0 Å². The van der Waals surface area contributed by atoms with Crippen LogP contribution in [-0.2, 0) is 0 Å². The number of carbonyl (C=O) groups is 1. The van der Waals surface area contributed by atoms with Crippen molar-refractivity contribution in [3.05, 3.63) is 59.4 Å². The fraction of sp³-hybridized carbons (Fsp3) is 0.143. The molecule has 0 spiro atoms. The number of pyridine rings is 1. The van der Waals surface area contributed by atoms with Gasteiger partial charge in [0.2, 0.25) is 0 Å². The van der Waals surface area contributed by atoms with Gasteiger partial charge < -0.3 is 4.74 Å². The molecule has 1 aromatic heterocycles.